The molecule has 1 aromatic heterocycles. The van der Waals surface area contributed by atoms with E-state index in [0.29, 0.717) is 28.2 Å². The zero-order chi connectivity index (χ0) is 25.9. The summed E-state index contributed by atoms with van der Waals surface area (Å²) >= 11 is 5.60. The fourth-order valence-corrected chi connectivity index (χ4v) is 3.37. The van der Waals surface area contributed by atoms with E-state index in [1.807, 2.05) is 0 Å². The Morgan fingerprint density at radius 1 is 0.944 bits per heavy atom. The predicted octanol–water partition coefficient (Wildman–Crippen LogP) is 6.85. The van der Waals surface area contributed by atoms with Gasteiger partial charge in [-0.1, -0.05) is 17.7 Å². The van der Waals surface area contributed by atoms with Gasteiger partial charge in [-0.2, -0.15) is 13.2 Å². The maximum Gasteiger partial charge on any atom is 0.417 e. The van der Waals surface area contributed by atoms with E-state index >= 15 is 0 Å². The molecule has 0 aliphatic carbocycles. The van der Waals surface area contributed by atoms with Gasteiger partial charge in [0.25, 0.3) is 0 Å². The molecule has 0 aliphatic rings. The van der Waals surface area contributed by atoms with Gasteiger partial charge in [-0.25, -0.2) is 14.6 Å². The second-order valence-electron chi connectivity index (χ2n) is 7.28. The van der Waals surface area contributed by atoms with Crippen LogP contribution in [0.1, 0.15) is 5.56 Å². The third-order valence-electron chi connectivity index (χ3n) is 4.72. The van der Waals surface area contributed by atoms with Crippen LogP contribution < -0.4 is 20.7 Å². The number of nitrogens with zero attached hydrogens (tertiary/aromatic N) is 1. The third kappa shape index (κ3) is 5.96. The van der Waals surface area contributed by atoms with Crippen molar-refractivity contribution in [3.63, 3.8) is 0 Å². The van der Waals surface area contributed by atoms with E-state index in [9.17, 15) is 22.8 Å². The minimum absolute atomic E-state index is 0.0787. The van der Waals surface area contributed by atoms with Gasteiger partial charge in [0.2, 0.25) is 5.95 Å². The summed E-state index contributed by atoms with van der Waals surface area (Å²) in [6, 6.07) is 13.7. The van der Waals surface area contributed by atoms with Crippen molar-refractivity contribution in [2.45, 2.75) is 6.18 Å². The number of ether oxygens (including phenoxy) is 2. The van der Waals surface area contributed by atoms with E-state index in [1.54, 1.807) is 36.4 Å². The van der Waals surface area contributed by atoms with Gasteiger partial charge in [0.1, 0.15) is 11.5 Å². The average molecular weight is 520 g/mol. The summed E-state index contributed by atoms with van der Waals surface area (Å²) in [5, 5.41) is 6.83. The highest BCUT2D eigenvalue weighted by atomic mass is 35.5. The number of aromatic nitrogens is 2. The van der Waals surface area contributed by atoms with Gasteiger partial charge in [0, 0.05) is 23.5 Å². The van der Waals surface area contributed by atoms with Crippen LogP contribution in [0.4, 0.5) is 40.1 Å². The molecule has 186 valence electrons. The molecule has 0 fully saturated rings. The zero-order valence-electron chi connectivity index (χ0n) is 18.4. The lowest BCUT2D eigenvalue weighted by atomic mass is 10.2. The fourth-order valence-electron chi connectivity index (χ4n) is 3.14. The Hall–Kier alpha value is -4.45. The van der Waals surface area contributed by atoms with Gasteiger partial charge in [-0.3, -0.25) is 5.32 Å². The molecular formula is C23H17ClF3N5O4. The number of urea groups is 1. The zero-order valence-corrected chi connectivity index (χ0v) is 19.1. The molecule has 1 heterocycles. The topological polar surface area (TPSA) is 117 Å². The summed E-state index contributed by atoms with van der Waals surface area (Å²) in [4.78, 5) is 30.8. The van der Waals surface area contributed by atoms with Gasteiger partial charge >= 0.3 is 18.3 Å². The van der Waals surface area contributed by atoms with Crippen LogP contribution in [-0.2, 0) is 10.9 Å². The number of H-pyrrole nitrogens is 1. The van der Waals surface area contributed by atoms with Crippen molar-refractivity contribution in [3.05, 3.63) is 71.2 Å². The standard InChI is InChI=1S/C23H17ClF3N5O4/c1-35-22(34)32-20-30-18-8-6-15(11-19(18)31-20)36-14-4-2-3-12(9-14)28-21(33)29-13-5-7-17(24)16(10-13)23(25,26)27/h2-11H,1H3,(H2,28,29,33)(H2,30,31,32,34). The second kappa shape index (κ2) is 10.0. The average Bonchev–Trinajstić information content (AvgIpc) is 3.21. The fraction of sp³-hybridized carbons (Fsp3) is 0.0870. The van der Waals surface area contributed by atoms with Gasteiger partial charge in [-0.15, -0.1) is 0 Å². The number of alkyl halides is 3. The van der Waals surface area contributed by atoms with Crippen LogP contribution >= 0.6 is 11.6 Å². The van der Waals surface area contributed by atoms with Crippen LogP contribution in [0.3, 0.4) is 0 Å². The number of benzene rings is 3. The van der Waals surface area contributed by atoms with Crippen molar-refractivity contribution in [1.82, 2.24) is 9.97 Å². The minimum atomic E-state index is -4.66. The number of carbonyl (C=O) groups is 2. The molecule has 4 aromatic rings. The first kappa shape index (κ1) is 24.7. The maximum absolute atomic E-state index is 13.0. The number of imidazole rings is 1. The van der Waals surface area contributed by atoms with Gasteiger partial charge in [0.15, 0.2) is 0 Å². The van der Waals surface area contributed by atoms with Crippen LogP contribution in [0.15, 0.2) is 60.7 Å². The Bertz CT molecular complexity index is 1440. The second-order valence-corrected chi connectivity index (χ2v) is 7.69. The van der Waals surface area contributed by atoms with Crippen molar-refractivity contribution in [2.75, 3.05) is 23.1 Å². The molecule has 3 aromatic carbocycles. The number of aromatic amines is 1. The van der Waals surface area contributed by atoms with Crippen molar-refractivity contribution in [2.24, 2.45) is 0 Å². The smallest absolute Gasteiger partial charge is 0.417 e. The molecule has 4 rings (SSSR count). The number of hydrogen-bond donors (Lipinski definition) is 4. The molecular weight excluding hydrogens is 503 g/mol. The van der Waals surface area contributed by atoms with Crippen molar-refractivity contribution >= 4 is 52.1 Å². The minimum Gasteiger partial charge on any atom is -0.457 e. The number of halogens is 4. The Balaban J connectivity index is 1.43. The van der Waals surface area contributed by atoms with E-state index in [1.165, 1.54) is 19.2 Å². The molecule has 4 N–H and O–H groups in total. The van der Waals surface area contributed by atoms with Crippen LogP contribution in [0, 0.1) is 0 Å². The number of hydrogen-bond acceptors (Lipinski definition) is 5. The number of fused-ring (bicyclic) bond motifs is 1. The quantitative estimate of drug-likeness (QED) is 0.230. The molecule has 0 bridgehead atoms. The molecule has 13 heteroatoms. The van der Waals surface area contributed by atoms with E-state index < -0.39 is 28.9 Å². The molecule has 0 aliphatic heterocycles. The summed E-state index contributed by atoms with van der Waals surface area (Å²) in [7, 11) is 1.23. The lowest BCUT2D eigenvalue weighted by Gasteiger charge is -2.13. The normalized spacial score (nSPS) is 11.1. The lowest BCUT2D eigenvalue weighted by Crippen LogP contribution is -2.20. The Morgan fingerprint density at radius 2 is 1.67 bits per heavy atom. The number of nitrogens with one attached hydrogen (secondary N) is 4. The van der Waals surface area contributed by atoms with Crippen LogP contribution in [0.5, 0.6) is 11.5 Å². The number of anilines is 3. The molecule has 0 saturated carbocycles. The third-order valence-corrected chi connectivity index (χ3v) is 5.05. The first-order valence-electron chi connectivity index (χ1n) is 10.2. The largest absolute Gasteiger partial charge is 0.457 e. The maximum atomic E-state index is 13.0. The summed E-state index contributed by atoms with van der Waals surface area (Å²) in [6.45, 7) is 0. The van der Waals surface area contributed by atoms with Crippen LogP contribution in [0.25, 0.3) is 11.0 Å². The van der Waals surface area contributed by atoms with Crippen molar-refractivity contribution in [3.8, 4) is 11.5 Å². The number of carbonyl (C=O) groups excluding carboxylic acids is 2. The highest BCUT2D eigenvalue weighted by molar-refractivity contribution is 6.31. The number of rotatable bonds is 5. The van der Waals surface area contributed by atoms with E-state index in [-0.39, 0.29) is 11.6 Å². The van der Waals surface area contributed by atoms with Gasteiger partial charge < -0.3 is 25.1 Å². The molecule has 0 atom stereocenters. The van der Waals surface area contributed by atoms with Gasteiger partial charge in [-0.05, 0) is 42.5 Å². The number of methoxy groups -OCH3 is 1. The van der Waals surface area contributed by atoms with Crippen LogP contribution in [0.2, 0.25) is 5.02 Å². The molecule has 0 saturated heterocycles. The lowest BCUT2D eigenvalue weighted by molar-refractivity contribution is -0.137. The van der Waals surface area contributed by atoms with Crippen molar-refractivity contribution < 1.29 is 32.2 Å². The summed E-state index contributed by atoms with van der Waals surface area (Å²) < 4.78 is 49.5. The molecule has 0 radical (unpaired) electrons. The summed E-state index contributed by atoms with van der Waals surface area (Å²) in [5.74, 6) is 1.01. The predicted molar refractivity (Wildman–Crippen MR) is 128 cm³/mol. The van der Waals surface area contributed by atoms with Crippen molar-refractivity contribution in [1.29, 1.82) is 0 Å². The first-order valence-corrected chi connectivity index (χ1v) is 10.6. The molecule has 0 unspecified atom stereocenters. The van der Waals surface area contributed by atoms with E-state index in [0.717, 1.165) is 12.1 Å². The Morgan fingerprint density at radius 3 is 2.39 bits per heavy atom. The summed E-state index contributed by atoms with van der Waals surface area (Å²) in [5.41, 5.74) is 0.371. The first-order chi connectivity index (χ1) is 17.1. The highest BCUT2D eigenvalue weighted by Crippen LogP contribution is 2.36. The molecule has 3 amide bonds. The molecule has 0 spiro atoms. The summed E-state index contributed by atoms with van der Waals surface area (Å²) in [6.07, 6.45) is -5.33. The SMILES string of the molecule is COC(=O)Nc1nc2cc(Oc3cccc(NC(=O)Nc4ccc(Cl)c(C(F)(F)F)c4)c3)ccc2[nH]1. The molecule has 36 heavy (non-hydrogen) atoms. The van der Waals surface area contributed by atoms with Gasteiger partial charge in [0.05, 0.1) is 28.7 Å². The Labute approximate surface area is 206 Å². The Kier molecular flexibility index (Phi) is 6.88. The van der Waals surface area contributed by atoms with E-state index in [2.05, 4.69) is 30.7 Å². The van der Waals surface area contributed by atoms with E-state index in [4.69, 9.17) is 16.3 Å². The van der Waals surface area contributed by atoms with Crippen LogP contribution in [-0.4, -0.2) is 29.2 Å². The number of amides is 3. The highest BCUT2D eigenvalue weighted by Gasteiger charge is 2.33. The monoisotopic (exact) mass is 519 g/mol. The molecule has 9 nitrogen and oxygen atoms in total.